The zero-order chi connectivity index (χ0) is 21.0. The Morgan fingerprint density at radius 1 is 1.14 bits per heavy atom. The predicted octanol–water partition coefficient (Wildman–Crippen LogP) is 3.70. The third kappa shape index (κ3) is 14.1. The number of amides is 1. The van der Waals surface area contributed by atoms with Crippen LogP contribution in [0.4, 0.5) is 10.5 Å². The normalized spacial score (nSPS) is 11.6. The van der Waals surface area contributed by atoms with Gasteiger partial charge in [0.05, 0.1) is 0 Å². The van der Waals surface area contributed by atoms with E-state index in [4.69, 9.17) is 4.74 Å². The molecule has 0 saturated heterocycles. The second-order valence-electron chi connectivity index (χ2n) is 7.92. The number of hydrogen-bond acceptors (Lipinski definition) is 4. The number of nitrogens with zero attached hydrogens (tertiary/aromatic N) is 2. The molecular formula is C21H38IN5O2. The Morgan fingerprint density at radius 2 is 1.79 bits per heavy atom. The Morgan fingerprint density at radius 3 is 2.34 bits per heavy atom. The first-order valence-electron chi connectivity index (χ1n) is 9.95. The monoisotopic (exact) mass is 519 g/mol. The van der Waals surface area contributed by atoms with Crippen LogP contribution in [0.1, 0.15) is 39.7 Å². The van der Waals surface area contributed by atoms with Gasteiger partial charge >= 0.3 is 6.09 Å². The highest BCUT2D eigenvalue weighted by Crippen LogP contribution is 2.13. The molecule has 0 radical (unpaired) electrons. The molecule has 0 aliphatic carbocycles. The van der Waals surface area contributed by atoms with Crippen LogP contribution in [0.3, 0.4) is 0 Å². The predicted molar refractivity (Wildman–Crippen MR) is 133 cm³/mol. The minimum absolute atomic E-state index is 0. The summed E-state index contributed by atoms with van der Waals surface area (Å²) in [5.41, 5.74) is 1.40. The van der Waals surface area contributed by atoms with E-state index in [9.17, 15) is 4.79 Å². The maximum absolute atomic E-state index is 11.8. The number of ether oxygens (including phenoxy) is 1. The summed E-state index contributed by atoms with van der Waals surface area (Å²) >= 11 is 0. The highest BCUT2D eigenvalue weighted by atomic mass is 127. The highest BCUT2D eigenvalue weighted by molar-refractivity contribution is 14.0. The highest BCUT2D eigenvalue weighted by Gasteiger charge is 2.16. The van der Waals surface area contributed by atoms with Crippen LogP contribution in [0.5, 0.6) is 0 Å². The van der Waals surface area contributed by atoms with Crippen LogP contribution in [0.15, 0.2) is 29.3 Å². The summed E-state index contributed by atoms with van der Waals surface area (Å²) in [6, 6.07) is 7.80. The molecule has 0 saturated carbocycles. The van der Waals surface area contributed by atoms with E-state index in [0.29, 0.717) is 0 Å². The van der Waals surface area contributed by atoms with E-state index >= 15 is 0 Å². The number of benzene rings is 1. The average molecular weight is 519 g/mol. The molecule has 1 amide bonds. The maximum atomic E-state index is 11.8. The summed E-state index contributed by atoms with van der Waals surface area (Å²) in [7, 11) is 4.14. The third-order valence-electron chi connectivity index (χ3n) is 3.68. The first-order chi connectivity index (χ1) is 13.2. The Kier molecular flexibility index (Phi) is 13.7. The summed E-state index contributed by atoms with van der Waals surface area (Å²) in [5.74, 6) is 0.851. The van der Waals surface area contributed by atoms with E-state index in [0.717, 1.165) is 50.7 Å². The molecule has 0 fully saturated rings. The minimum atomic E-state index is -0.506. The van der Waals surface area contributed by atoms with Crippen molar-refractivity contribution in [2.45, 2.75) is 46.1 Å². The van der Waals surface area contributed by atoms with Gasteiger partial charge in [0.25, 0.3) is 0 Å². The van der Waals surface area contributed by atoms with Gasteiger partial charge in [-0.25, -0.2) is 4.79 Å². The lowest BCUT2D eigenvalue weighted by Crippen LogP contribution is -2.38. The molecule has 0 aliphatic heterocycles. The molecule has 3 N–H and O–H groups in total. The molecule has 29 heavy (non-hydrogen) atoms. The topological polar surface area (TPSA) is 78.0 Å². The van der Waals surface area contributed by atoms with Crippen molar-refractivity contribution in [2.24, 2.45) is 4.99 Å². The van der Waals surface area contributed by atoms with E-state index in [2.05, 4.69) is 46.9 Å². The Hall–Kier alpha value is -1.55. The summed E-state index contributed by atoms with van der Waals surface area (Å²) in [4.78, 5) is 18.6. The van der Waals surface area contributed by atoms with E-state index in [1.165, 1.54) is 5.56 Å². The quantitative estimate of drug-likeness (QED) is 0.201. The van der Waals surface area contributed by atoms with Crippen molar-refractivity contribution in [1.82, 2.24) is 15.5 Å². The van der Waals surface area contributed by atoms with Crippen molar-refractivity contribution in [1.29, 1.82) is 0 Å². The van der Waals surface area contributed by atoms with Crippen LogP contribution < -0.4 is 16.0 Å². The van der Waals surface area contributed by atoms with Gasteiger partial charge in [0.2, 0.25) is 0 Å². The van der Waals surface area contributed by atoms with Gasteiger partial charge in [-0.1, -0.05) is 12.1 Å². The summed E-state index contributed by atoms with van der Waals surface area (Å²) < 4.78 is 5.26. The van der Waals surface area contributed by atoms with Crippen LogP contribution in [0.25, 0.3) is 0 Å². The van der Waals surface area contributed by atoms with Crippen molar-refractivity contribution in [3.05, 3.63) is 29.8 Å². The second kappa shape index (κ2) is 14.4. The summed E-state index contributed by atoms with van der Waals surface area (Å²) in [5, 5.41) is 9.38. The van der Waals surface area contributed by atoms with Crippen molar-refractivity contribution in [3.63, 3.8) is 0 Å². The standard InChI is InChI=1S/C21H37N5O2.HI/c1-7-22-19(23-14-8-16-26(5)6)24-15-13-17-9-11-18(12-10-17)25-20(27)28-21(2,3)4;/h9-12H,7-8,13-16H2,1-6H3,(H,25,27)(H2,22,23,24);1H. The largest absolute Gasteiger partial charge is 0.444 e. The van der Waals surface area contributed by atoms with E-state index < -0.39 is 11.7 Å². The Labute approximate surface area is 193 Å². The van der Waals surface area contributed by atoms with Gasteiger partial charge in [-0.2, -0.15) is 0 Å². The Balaban J connectivity index is 0.00000784. The van der Waals surface area contributed by atoms with E-state index in [1.807, 2.05) is 45.0 Å². The molecule has 0 heterocycles. The lowest BCUT2D eigenvalue weighted by atomic mass is 10.1. The van der Waals surface area contributed by atoms with Gasteiger partial charge < -0.3 is 20.3 Å². The molecule has 0 atom stereocenters. The van der Waals surface area contributed by atoms with Gasteiger partial charge in [-0.3, -0.25) is 10.3 Å². The number of guanidine groups is 1. The lowest BCUT2D eigenvalue weighted by molar-refractivity contribution is 0.0636. The number of carbonyl (C=O) groups excluding carboxylic acids is 1. The number of aliphatic imine (C=N–C) groups is 1. The van der Waals surface area contributed by atoms with Crippen molar-refractivity contribution in [2.75, 3.05) is 45.6 Å². The molecule has 0 spiro atoms. The first-order valence-corrected chi connectivity index (χ1v) is 9.95. The number of carbonyl (C=O) groups is 1. The zero-order valence-corrected chi connectivity index (χ0v) is 21.0. The first kappa shape index (κ1) is 27.5. The van der Waals surface area contributed by atoms with Crippen molar-refractivity contribution >= 4 is 41.7 Å². The molecular weight excluding hydrogens is 481 g/mol. The summed E-state index contributed by atoms with van der Waals surface area (Å²) in [6.45, 7) is 11.1. The van der Waals surface area contributed by atoms with Gasteiger partial charge in [0.1, 0.15) is 5.60 Å². The third-order valence-corrected chi connectivity index (χ3v) is 3.68. The van der Waals surface area contributed by atoms with Crippen LogP contribution in [-0.4, -0.2) is 62.8 Å². The molecule has 0 bridgehead atoms. The molecule has 8 heteroatoms. The van der Waals surface area contributed by atoms with Gasteiger partial charge in [0.15, 0.2) is 5.96 Å². The molecule has 0 unspecified atom stereocenters. The number of hydrogen-bond donors (Lipinski definition) is 3. The fourth-order valence-corrected chi connectivity index (χ4v) is 2.42. The number of anilines is 1. The summed E-state index contributed by atoms with van der Waals surface area (Å²) in [6.07, 6.45) is 1.47. The van der Waals surface area contributed by atoms with Gasteiger partial charge in [-0.15, -0.1) is 24.0 Å². The number of rotatable bonds is 9. The van der Waals surface area contributed by atoms with Crippen LogP contribution in [0, 0.1) is 0 Å². The second-order valence-corrected chi connectivity index (χ2v) is 7.92. The van der Waals surface area contributed by atoms with Crippen molar-refractivity contribution in [3.8, 4) is 0 Å². The van der Waals surface area contributed by atoms with Crippen molar-refractivity contribution < 1.29 is 9.53 Å². The molecule has 1 aromatic carbocycles. The molecule has 1 rings (SSSR count). The van der Waals surface area contributed by atoms with Crippen LogP contribution in [-0.2, 0) is 11.2 Å². The van der Waals surface area contributed by atoms with Gasteiger partial charge in [0, 0.05) is 25.3 Å². The SMILES string of the molecule is CCNC(=NCCCN(C)C)NCCc1ccc(NC(=O)OC(C)(C)C)cc1.I. The lowest BCUT2D eigenvalue weighted by Gasteiger charge is -2.19. The number of halogens is 1. The molecule has 7 nitrogen and oxygen atoms in total. The van der Waals surface area contributed by atoms with E-state index in [1.54, 1.807) is 0 Å². The smallest absolute Gasteiger partial charge is 0.412 e. The fourth-order valence-electron chi connectivity index (χ4n) is 2.42. The minimum Gasteiger partial charge on any atom is -0.444 e. The van der Waals surface area contributed by atoms with Gasteiger partial charge in [-0.05, 0) is 78.9 Å². The van der Waals surface area contributed by atoms with Crippen LogP contribution in [0.2, 0.25) is 0 Å². The number of nitrogens with one attached hydrogen (secondary N) is 3. The average Bonchev–Trinajstić information content (AvgIpc) is 2.58. The molecule has 166 valence electrons. The molecule has 1 aromatic rings. The Bertz CT molecular complexity index is 612. The molecule has 0 aromatic heterocycles. The fraction of sp³-hybridized carbons (Fsp3) is 0.619. The zero-order valence-electron chi connectivity index (χ0n) is 18.7. The molecule has 0 aliphatic rings. The van der Waals surface area contributed by atoms with Crippen LogP contribution >= 0.6 is 24.0 Å². The maximum Gasteiger partial charge on any atom is 0.412 e. The van der Waals surface area contributed by atoms with E-state index in [-0.39, 0.29) is 24.0 Å².